The summed E-state index contributed by atoms with van der Waals surface area (Å²) >= 11 is 0. The zero-order valence-corrected chi connectivity index (χ0v) is 37.0. The fourth-order valence-electron chi connectivity index (χ4n) is 8.71. The van der Waals surface area contributed by atoms with Gasteiger partial charge in [-0.3, -0.25) is 19.1 Å². The van der Waals surface area contributed by atoms with E-state index in [0.29, 0.717) is 71.4 Å². The standard InChI is InChI=1S/C45H57N5O11S/c1-25(2)60-30-14-12-28(13-15-30)37-38(59-7)34-21-31(58-6)16-17-33(34)40(46-37)61-32-22-35-39(51)48-45(42(53)49-62(56,57)44(5)18-19-44)23-29(45)11-9-8-10-26(3)20-27(4)36(47-43(54)55)41(52)50(35)24-32/h9,11-17,21,25-27,29,32,35-36,47H,8,10,18-20,22-24H2,1-7H3,(H,48,51)(H,49,53)(H,54,55)/t26-,27-,29-,32-,35+,36+,45-/m1/s1. The second kappa shape index (κ2) is 17.3. The number of carbonyl (C=O) groups is 4. The molecule has 4 amide bonds. The van der Waals surface area contributed by atoms with Gasteiger partial charge < -0.3 is 39.6 Å². The Morgan fingerprint density at radius 2 is 1.71 bits per heavy atom. The lowest BCUT2D eigenvalue weighted by Gasteiger charge is -2.32. The summed E-state index contributed by atoms with van der Waals surface area (Å²) in [5.74, 6) is -1.15. The van der Waals surface area contributed by atoms with Gasteiger partial charge in [0.15, 0.2) is 5.75 Å². The van der Waals surface area contributed by atoms with E-state index in [2.05, 4.69) is 15.4 Å². The molecule has 4 N–H and O–H groups in total. The SMILES string of the molecule is COc1ccc2c(O[C@@H]3C[C@H]4C(=O)N[C@]5(C(=O)NS(=O)(=O)C6(C)CC6)C[C@H]5C=CCC[C@@H](C)C[C@@H](C)[C@H](NC(=O)O)C(=O)N4C3)nc(-c3ccc(OC(C)C)cc3)c(OC)c2c1. The molecule has 2 aromatic carbocycles. The minimum atomic E-state index is -4.04. The van der Waals surface area contributed by atoms with Gasteiger partial charge in [-0.25, -0.2) is 18.2 Å². The maximum absolute atomic E-state index is 14.7. The van der Waals surface area contributed by atoms with Gasteiger partial charge in [-0.15, -0.1) is 0 Å². The van der Waals surface area contributed by atoms with Crippen LogP contribution in [-0.2, 0) is 24.4 Å². The molecule has 0 spiro atoms. The van der Waals surface area contributed by atoms with Crippen molar-refractivity contribution in [2.24, 2.45) is 17.8 Å². The predicted molar refractivity (Wildman–Crippen MR) is 231 cm³/mol. The van der Waals surface area contributed by atoms with Gasteiger partial charge in [0, 0.05) is 28.7 Å². The molecule has 0 bridgehead atoms. The van der Waals surface area contributed by atoms with Gasteiger partial charge >= 0.3 is 6.09 Å². The van der Waals surface area contributed by atoms with E-state index >= 15 is 0 Å². The van der Waals surface area contributed by atoms with Gasteiger partial charge in [-0.1, -0.05) is 26.0 Å². The second-order valence-corrected chi connectivity index (χ2v) is 20.0. The van der Waals surface area contributed by atoms with E-state index < -0.39 is 74.1 Å². The molecule has 2 aliphatic heterocycles. The summed E-state index contributed by atoms with van der Waals surface area (Å²) in [6, 6.07) is 10.3. The number of carbonyl (C=O) groups excluding carboxylic acids is 3. The number of hydrogen-bond acceptors (Lipinski definition) is 11. The lowest BCUT2D eigenvalue weighted by molar-refractivity contribution is -0.142. The Morgan fingerprint density at radius 1 is 1.00 bits per heavy atom. The molecule has 17 heteroatoms. The summed E-state index contributed by atoms with van der Waals surface area (Å²) in [6.07, 6.45) is 4.29. The molecule has 334 valence electrons. The third kappa shape index (κ3) is 8.99. The van der Waals surface area contributed by atoms with E-state index in [1.54, 1.807) is 39.3 Å². The van der Waals surface area contributed by atoms with Crippen LogP contribution in [0.25, 0.3) is 22.0 Å². The van der Waals surface area contributed by atoms with E-state index in [-0.39, 0.29) is 37.3 Å². The van der Waals surface area contributed by atoms with Crippen molar-refractivity contribution in [3.63, 3.8) is 0 Å². The number of fused-ring (bicyclic) bond motifs is 3. The lowest BCUT2D eigenvalue weighted by atomic mass is 9.88. The summed E-state index contributed by atoms with van der Waals surface area (Å²) in [6.45, 7) is 9.15. The quantitative estimate of drug-likeness (QED) is 0.174. The Bertz CT molecular complexity index is 2370. The molecule has 0 radical (unpaired) electrons. The molecule has 1 saturated heterocycles. The molecule has 62 heavy (non-hydrogen) atoms. The van der Waals surface area contributed by atoms with Crippen LogP contribution in [0.2, 0.25) is 0 Å². The molecule has 1 aromatic heterocycles. The third-order valence-corrected chi connectivity index (χ3v) is 14.8. The van der Waals surface area contributed by atoms with Crippen LogP contribution < -0.4 is 34.3 Å². The van der Waals surface area contributed by atoms with E-state index in [9.17, 15) is 32.7 Å². The topological polar surface area (TPSA) is 212 Å². The van der Waals surface area contributed by atoms with E-state index in [1.165, 1.54) is 4.90 Å². The van der Waals surface area contributed by atoms with Crippen LogP contribution in [0.1, 0.15) is 79.6 Å². The highest BCUT2D eigenvalue weighted by Crippen LogP contribution is 2.48. The first-order valence-electron chi connectivity index (χ1n) is 21.2. The number of carboxylic acid groups (broad SMARTS) is 1. The van der Waals surface area contributed by atoms with Gasteiger partial charge in [-0.2, -0.15) is 0 Å². The first-order chi connectivity index (χ1) is 29.4. The molecule has 3 heterocycles. The molecule has 16 nitrogen and oxygen atoms in total. The molecule has 7 rings (SSSR count). The highest BCUT2D eigenvalue weighted by molar-refractivity contribution is 7.91. The van der Waals surface area contributed by atoms with Crippen LogP contribution in [0.3, 0.4) is 0 Å². The van der Waals surface area contributed by atoms with Crippen molar-refractivity contribution in [2.75, 3.05) is 20.8 Å². The normalized spacial score (nSPS) is 27.2. The number of ether oxygens (including phenoxy) is 4. The minimum absolute atomic E-state index is 0.0319. The summed E-state index contributed by atoms with van der Waals surface area (Å²) in [7, 11) is -0.949. The first-order valence-corrected chi connectivity index (χ1v) is 22.7. The Hall–Kier alpha value is -5.58. The molecule has 7 atom stereocenters. The van der Waals surface area contributed by atoms with Gasteiger partial charge in [0.2, 0.25) is 27.7 Å². The van der Waals surface area contributed by atoms with Crippen molar-refractivity contribution < 1.29 is 51.6 Å². The summed E-state index contributed by atoms with van der Waals surface area (Å²) in [5, 5.41) is 16.4. The van der Waals surface area contributed by atoms with Gasteiger partial charge in [0.25, 0.3) is 5.91 Å². The van der Waals surface area contributed by atoms with Crippen LogP contribution in [0.4, 0.5) is 4.79 Å². The van der Waals surface area contributed by atoms with E-state index in [1.807, 2.05) is 64.1 Å². The number of pyridine rings is 1. The van der Waals surface area contributed by atoms with Crippen molar-refractivity contribution in [1.29, 1.82) is 0 Å². The molecule has 2 saturated carbocycles. The predicted octanol–water partition coefficient (Wildman–Crippen LogP) is 5.58. The number of nitrogens with one attached hydrogen (secondary N) is 3. The Kier molecular flexibility index (Phi) is 12.4. The number of sulfonamides is 1. The average molecular weight is 876 g/mol. The number of aromatic nitrogens is 1. The van der Waals surface area contributed by atoms with Crippen molar-refractivity contribution in [1.82, 2.24) is 25.2 Å². The van der Waals surface area contributed by atoms with Gasteiger partial charge in [0.1, 0.15) is 40.9 Å². The van der Waals surface area contributed by atoms with Crippen LogP contribution in [0, 0.1) is 17.8 Å². The average Bonchev–Trinajstić information content (AvgIpc) is 4.10. The minimum Gasteiger partial charge on any atom is -0.497 e. The summed E-state index contributed by atoms with van der Waals surface area (Å²) in [4.78, 5) is 61.8. The summed E-state index contributed by atoms with van der Waals surface area (Å²) < 4.78 is 51.8. The highest BCUT2D eigenvalue weighted by Gasteiger charge is 2.63. The smallest absolute Gasteiger partial charge is 0.405 e. The van der Waals surface area contributed by atoms with Gasteiger partial charge in [-0.05, 0) is 114 Å². The fraction of sp³-hybridized carbons (Fsp3) is 0.533. The van der Waals surface area contributed by atoms with Crippen LogP contribution in [0.5, 0.6) is 23.1 Å². The van der Waals surface area contributed by atoms with E-state index in [0.717, 1.165) is 0 Å². The van der Waals surface area contributed by atoms with Crippen LogP contribution in [-0.4, -0.2) is 103 Å². The molecule has 0 unspecified atom stereocenters. The lowest BCUT2D eigenvalue weighted by Crippen LogP contribution is -2.59. The Balaban J connectivity index is 1.27. The molecule has 3 fully saturated rings. The molecular weight excluding hydrogens is 819 g/mol. The molecule has 3 aromatic rings. The molecule has 2 aliphatic carbocycles. The monoisotopic (exact) mass is 875 g/mol. The van der Waals surface area contributed by atoms with Crippen LogP contribution >= 0.6 is 0 Å². The van der Waals surface area contributed by atoms with Crippen molar-refractivity contribution >= 4 is 44.6 Å². The van der Waals surface area contributed by atoms with Gasteiger partial charge in [0.05, 0.1) is 31.6 Å². The largest absolute Gasteiger partial charge is 0.497 e. The third-order valence-electron chi connectivity index (χ3n) is 12.6. The first kappa shape index (κ1) is 44.5. The maximum Gasteiger partial charge on any atom is 0.405 e. The number of hydrogen-bond donors (Lipinski definition) is 4. The molecular formula is C45H57N5O11S. The zero-order chi connectivity index (χ0) is 44.7. The van der Waals surface area contributed by atoms with Crippen LogP contribution in [0.15, 0.2) is 54.6 Å². The number of methoxy groups -OCH3 is 2. The second-order valence-electron chi connectivity index (χ2n) is 17.8. The zero-order valence-electron chi connectivity index (χ0n) is 36.2. The maximum atomic E-state index is 14.7. The highest BCUT2D eigenvalue weighted by atomic mass is 32.2. The van der Waals surface area contributed by atoms with Crippen molar-refractivity contribution in [2.45, 2.75) is 114 Å². The number of allylic oxidation sites excluding steroid dienone is 1. The number of nitrogens with zero attached hydrogens (tertiary/aromatic N) is 2. The van der Waals surface area contributed by atoms with Crippen molar-refractivity contribution in [3.8, 4) is 34.4 Å². The number of benzene rings is 2. The number of rotatable bonds is 11. The van der Waals surface area contributed by atoms with Crippen molar-refractivity contribution in [3.05, 3.63) is 54.6 Å². The van der Waals surface area contributed by atoms with E-state index in [4.69, 9.17) is 23.9 Å². The Labute approximate surface area is 362 Å². The molecule has 4 aliphatic rings. The summed E-state index contributed by atoms with van der Waals surface area (Å²) in [5.41, 5.74) is -0.443. The number of amides is 4. The Morgan fingerprint density at radius 3 is 2.35 bits per heavy atom. The fourth-order valence-corrected chi connectivity index (χ4v) is 10.0.